The normalized spacial score (nSPS) is 16.0. The molecule has 1 aliphatic rings. The van der Waals surface area contributed by atoms with E-state index in [0.29, 0.717) is 17.3 Å². The van der Waals surface area contributed by atoms with E-state index in [9.17, 15) is 9.59 Å². The molecule has 1 aliphatic heterocycles. The first-order chi connectivity index (χ1) is 13.5. The van der Waals surface area contributed by atoms with Crippen molar-refractivity contribution in [2.45, 2.75) is 6.54 Å². The molecule has 0 atom stereocenters. The Morgan fingerprint density at radius 3 is 2.61 bits per heavy atom. The average molecular weight is 457 g/mol. The Morgan fingerprint density at radius 2 is 1.89 bits per heavy atom. The SMILES string of the molecule is O=C1NC(=S)N(Cc2ccco2)C(=O)C1=Cc1ccc(-c2ccc(Br)cc2)o1. The number of hydrogen-bond acceptors (Lipinski definition) is 5. The third kappa shape index (κ3) is 3.69. The van der Waals surface area contributed by atoms with Crippen molar-refractivity contribution in [3.63, 3.8) is 0 Å². The van der Waals surface area contributed by atoms with Crippen LogP contribution in [0.15, 0.2) is 73.7 Å². The number of rotatable bonds is 4. The molecule has 1 fully saturated rings. The molecule has 0 spiro atoms. The van der Waals surface area contributed by atoms with Crippen molar-refractivity contribution in [3.8, 4) is 11.3 Å². The summed E-state index contributed by atoms with van der Waals surface area (Å²) in [5.41, 5.74) is 0.824. The number of nitrogens with zero attached hydrogens (tertiary/aromatic N) is 1. The number of carbonyl (C=O) groups excluding carboxylic acids is 2. The smallest absolute Gasteiger partial charge is 0.266 e. The van der Waals surface area contributed by atoms with Gasteiger partial charge in [-0.05, 0) is 54.7 Å². The molecule has 0 aliphatic carbocycles. The monoisotopic (exact) mass is 456 g/mol. The van der Waals surface area contributed by atoms with Crippen LogP contribution in [0.25, 0.3) is 17.4 Å². The number of furan rings is 2. The largest absolute Gasteiger partial charge is 0.467 e. The number of hydrogen-bond donors (Lipinski definition) is 1. The molecule has 4 rings (SSSR count). The van der Waals surface area contributed by atoms with Crippen molar-refractivity contribution in [3.05, 3.63) is 76.4 Å². The van der Waals surface area contributed by atoms with Crippen molar-refractivity contribution in [2.75, 3.05) is 0 Å². The molecule has 1 aromatic carbocycles. The Morgan fingerprint density at radius 1 is 1.11 bits per heavy atom. The summed E-state index contributed by atoms with van der Waals surface area (Å²) in [6, 6.07) is 14.6. The number of thiocarbonyl (C=S) groups is 1. The maximum absolute atomic E-state index is 12.8. The summed E-state index contributed by atoms with van der Waals surface area (Å²) in [6.45, 7) is 0.130. The van der Waals surface area contributed by atoms with Crippen LogP contribution in [0, 0.1) is 0 Å². The lowest BCUT2D eigenvalue weighted by Gasteiger charge is -2.27. The molecule has 140 valence electrons. The Hall–Kier alpha value is -2.97. The lowest BCUT2D eigenvalue weighted by atomic mass is 10.1. The summed E-state index contributed by atoms with van der Waals surface area (Å²) < 4.78 is 12.0. The molecule has 0 unspecified atom stereocenters. The van der Waals surface area contributed by atoms with Crippen LogP contribution in [0.2, 0.25) is 0 Å². The fourth-order valence-corrected chi connectivity index (χ4v) is 3.24. The number of nitrogens with one attached hydrogen (secondary N) is 1. The van der Waals surface area contributed by atoms with Crippen LogP contribution < -0.4 is 5.32 Å². The Labute approximate surface area is 173 Å². The second kappa shape index (κ2) is 7.57. The zero-order valence-electron chi connectivity index (χ0n) is 14.3. The van der Waals surface area contributed by atoms with Gasteiger partial charge in [0.25, 0.3) is 11.8 Å². The van der Waals surface area contributed by atoms with Gasteiger partial charge in [-0.3, -0.25) is 19.8 Å². The lowest BCUT2D eigenvalue weighted by molar-refractivity contribution is -0.129. The third-order valence-electron chi connectivity index (χ3n) is 4.12. The molecule has 2 amide bonds. The molecule has 0 bridgehead atoms. The van der Waals surface area contributed by atoms with Crippen molar-refractivity contribution in [2.24, 2.45) is 0 Å². The first-order valence-corrected chi connectivity index (χ1v) is 9.48. The summed E-state index contributed by atoms with van der Waals surface area (Å²) in [4.78, 5) is 26.4. The highest BCUT2D eigenvalue weighted by atomic mass is 79.9. The van der Waals surface area contributed by atoms with Crippen LogP contribution >= 0.6 is 28.1 Å². The molecule has 1 saturated heterocycles. The van der Waals surface area contributed by atoms with Crippen molar-refractivity contribution in [1.82, 2.24) is 10.2 Å². The van der Waals surface area contributed by atoms with Gasteiger partial charge in [-0.15, -0.1) is 0 Å². The first kappa shape index (κ1) is 18.4. The summed E-state index contributed by atoms with van der Waals surface area (Å²) >= 11 is 8.52. The molecule has 8 heteroatoms. The summed E-state index contributed by atoms with van der Waals surface area (Å²) in [6.07, 6.45) is 2.92. The Bertz CT molecular complexity index is 1080. The predicted molar refractivity (Wildman–Crippen MR) is 110 cm³/mol. The van der Waals surface area contributed by atoms with E-state index in [1.54, 1.807) is 24.3 Å². The van der Waals surface area contributed by atoms with Gasteiger partial charge in [0.05, 0.1) is 12.8 Å². The van der Waals surface area contributed by atoms with E-state index in [2.05, 4.69) is 21.2 Å². The lowest BCUT2D eigenvalue weighted by Crippen LogP contribution is -2.53. The molecule has 0 radical (unpaired) electrons. The minimum absolute atomic E-state index is 0.0403. The van der Waals surface area contributed by atoms with Crippen molar-refractivity contribution in [1.29, 1.82) is 0 Å². The average Bonchev–Trinajstić information content (AvgIpc) is 3.35. The van der Waals surface area contributed by atoms with Crippen molar-refractivity contribution >= 4 is 51.2 Å². The van der Waals surface area contributed by atoms with Gasteiger partial charge < -0.3 is 8.83 Å². The Balaban J connectivity index is 1.61. The zero-order chi connectivity index (χ0) is 19.7. The highest BCUT2D eigenvalue weighted by Gasteiger charge is 2.34. The van der Waals surface area contributed by atoms with Crippen molar-refractivity contribution < 1.29 is 18.4 Å². The van der Waals surface area contributed by atoms with Gasteiger partial charge in [-0.1, -0.05) is 28.1 Å². The van der Waals surface area contributed by atoms with E-state index in [1.807, 2.05) is 24.3 Å². The van der Waals surface area contributed by atoms with Gasteiger partial charge >= 0.3 is 0 Å². The molecule has 3 aromatic rings. The summed E-state index contributed by atoms with van der Waals surface area (Å²) in [5, 5.41) is 2.57. The van der Waals surface area contributed by atoms with Crippen LogP contribution in [0.3, 0.4) is 0 Å². The number of amides is 2. The number of benzene rings is 1. The van der Waals surface area contributed by atoms with Gasteiger partial charge in [-0.25, -0.2) is 0 Å². The first-order valence-electron chi connectivity index (χ1n) is 8.28. The fraction of sp³-hybridized carbons (Fsp3) is 0.0500. The molecular weight excluding hydrogens is 444 g/mol. The Kier molecular flexibility index (Phi) is 4.97. The van der Waals surface area contributed by atoms with Gasteiger partial charge in [-0.2, -0.15) is 0 Å². The second-order valence-electron chi connectivity index (χ2n) is 6.00. The van der Waals surface area contributed by atoms with Crippen LogP contribution in [0.4, 0.5) is 0 Å². The third-order valence-corrected chi connectivity index (χ3v) is 4.97. The molecular formula is C20H13BrN2O4S. The quantitative estimate of drug-likeness (QED) is 0.362. The number of carbonyl (C=O) groups is 2. The maximum atomic E-state index is 12.8. The predicted octanol–water partition coefficient (Wildman–Crippen LogP) is 4.13. The van der Waals surface area contributed by atoms with Gasteiger partial charge in [0.1, 0.15) is 22.9 Å². The molecule has 0 saturated carbocycles. The van der Waals surface area contributed by atoms with Crippen LogP contribution in [-0.2, 0) is 16.1 Å². The number of halogens is 1. The van der Waals surface area contributed by atoms with Gasteiger partial charge in [0.2, 0.25) is 0 Å². The standard InChI is InChI=1S/C20H13BrN2O4S/c21-13-5-3-12(4-6-13)17-8-7-14(27-17)10-16-18(24)22-20(28)23(19(16)25)11-15-2-1-9-26-15/h1-10H,11H2,(H,22,24,28). The highest BCUT2D eigenvalue weighted by molar-refractivity contribution is 9.10. The van der Waals surface area contributed by atoms with E-state index >= 15 is 0 Å². The molecule has 28 heavy (non-hydrogen) atoms. The van der Waals surface area contributed by atoms with Gasteiger partial charge in [0, 0.05) is 10.0 Å². The van der Waals surface area contributed by atoms with Gasteiger partial charge in [0.15, 0.2) is 5.11 Å². The molecule has 2 aromatic heterocycles. The maximum Gasteiger partial charge on any atom is 0.266 e. The van der Waals surface area contributed by atoms with E-state index in [-0.39, 0.29) is 17.2 Å². The van der Waals surface area contributed by atoms with Crippen LogP contribution in [0.1, 0.15) is 11.5 Å². The van der Waals surface area contributed by atoms with Crippen LogP contribution in [-0.4, -0.2) is 21.8 Å². The summed E-state index contributed by atoms with van der Waals surface area (Å²) in [7, 11) is 0. The highest BCUT2D eigenvalue weighted by Crippen LogP contribution is 2.26. The molecule has 1 N–H and O–H groups in total. The summed E-state index contributed by atoms with van der Waals surface area (Å²) in [5.74, 6) is 0.508. The zero-order valence-corrected chi connectivity index (χ0v) is 16.7. The fourth-order valence-electron chi connectivity index (χ4n) is 2.74. The van der Waals surface area contributed by atoms with E-state index < -0.39 is 11.8 Å². The molecule has 3 heterocycles. The van der Waals surface area contributed by atoms with E-state index in [0.717, 1.165) is 10.0 Å². The minimum atomic E-state index is -0.563. The van der Waals surface area contributed by atoms with Crippen LogP contribution in [0.5, 0.6) is 0 Å². The van der Waals surface area contributed by atoms with E-state index in [4.69, 9.17) is 21.1 Å². The topological polar surface area (TPSA) is 75.7 Å². The van der Waals surface area contributed by atoms with E-state index in [1.165, 1.54) is 17.2 Å². The minimum Gasteiger partial charge on any atom is -0.467 e. The molecule has 6 nitrogen and oxygen atoms in total. The second-order valence-corrected chi connectivity index (χ2v) is 7.30.